The fourth-order valence-electron chi connectivity index (χ4n) is 1.62. The topological polar surface area (TPSA) is 59.6 Å². The molecule has 0 bridgehead atoms. The summed E-state index contributed by atoms with van der Waals surface area (Å²) in [4.78, 5) is 4.36. The molecule has 14 heavy (non-hydrogen) atoms. The Labute approximate surface area is 85.9 Å². The van der Waals surface area contributed by atoms with Crippen LogP contribution in [0.15, 0.2) is 4.99 Å². The van der Waals surface area contributed by atoms with Gasteiger partial charge in [-0.15, -0.1) is 0 Å². The number of nitrogens with two attached hydrogens (primary N) is 1. The Hall–Kier alpha value is -0.770. The molecule has 0 aromatic rings. The molecule has 0 radical (unpaired) electrons. The van der Waals surface area contributed by atoms with Crippen LogP contribution < -0.4 is 11.1 Å². The summed E-state index contributed by atoms with van der Waals surface area (Å²) in [7, 11) is 0. The highest BCUT2D eigenvalue weighted by atomic mass is 16.5. The molecule has 0 aromatic carbocycles. The standard InChI is InChI=1S/C10H21N3O/c1-7(2)12-10(11)13-8(3)9-5-4-6-14-9/h7-9H,4-6H2,1-3H3,(H3,11,12,13). The normalized spacial score (nSPS) is 25.4. The van der Waals surface area contributed by atoms with E-state index in [2.05, 4.69) is 10.3 Å². The quantitative estimate of drug-likeness (QED) is 0.523. The molecule has 1 saturated heterocycles. The second-order valence-corrected chi connectivity index (χ2v) is 4.11. The zero-order chi connectivity index (χ0) is 10.6. The zero-order valence-corrected chi connectivity index (χ0v) is 9.29. The highest BCUT2D eigenvalue weighted by Crippen LogP contribution is 2.17. The van der Waals surface area contributed by atoms with Gasteiger partial charge in [-0.05, 0) is 33.6 Å². The number of hydrogen-bond acceptors (Lipinski definition) is 2. The Kier molecular flexibility index (Phi) is 4.20. The van der Waals surface area contributed by atoms with E-state index >= 15 is 0 Å². The van der Waals surface area contributed by atoms with E-state index in [-0.39, 0.29) is 12.1 Å². The van der Waals surface area contributed by atoms with Crippen molar-refractivity contribution in [1.82, 2.24) is 5.32 Å². The lowest BCUT2D eigenvalue weighted by molar-refractivity contribution is 0.0952. The highest BCUT2D eigenvalue weighted by molar-refractivity contribution is 5.78. The van der Waals surface area contributed by atoms with Crippen molar-refractivity contribution in [2.24, 2.45) is 10.7 Å². The maximum Gasteiger partial charge on any atom is 0.189 e. The average Bonchev–Trinajstić information content (AvgIpc) is 2.53. The molecule has 1 aliphatic rings. The third-order valence-electron chi connectivity index (χ3n) is 2.28. The minimum absolute atomic E-state index is 0.156. The minimum Gasteiger partial charge on any atom is -0.376 e. The first kappa shape index (κ1) is 11.3. The Balaban J connectivity index is 2.39. The second kappa shape index (κ2) is 5.20. The van der Waals surface area contributed by atoms with E-state index < -0.39 is 0 Å². The van der Waals surface area contributed by atoms with Crippen molar-refractivity contribution in [1.29, 1.82) is 0 Å². The molecule has 4 nitrogen and oxygen atoms in total. The summed E-state index contributed by atoms with van der Waals surface area (Å²) in [6.07, 6.45) is 2.49. The monoisotopic (exact) mass is 199 g/mol. The Morgan fingerprint density at radius 2 is 2.21 bits per heavy atom. The van der Waals surface area contributed by atoms with Crippen LogP contribution in [0.2, 0.25) is 0 Å². The van der Waals surface area contributed by atoms with E-state index in [1.54, 1.807) is 0 Å². The van der Waals surface area contributed by atoms with Crippen molar-refractivity contribution >= 4 is 5.96 Å². The van der Waals surface area contributed by atoms with Crippen LogP contribution in [0, 0.1) is 0 Å². The third-order valence-corrected chi connectivity index (χ3v) is 2.28. The molecule has 1 rings (SSSR count). The fraction of sp³-hybridized carbons (Fsp3) is 0.900. The maximum atomic E-state index is 5.73. The molecule has 2 atom stereocenters. The molecule has 0 aliphatic carbocycles. The maximum absolute atomic E-state index is 5.73. The molecule has 0 amide bonds. The fourth-order valence-corrected chi connectivity index (χ4v) is 1.62. The predicted molar refractivity (Wildman–Crippen MR) is 58.3 cm³/mol. The molecular formula is C10H21N3O. The van der Waals surface area contributed by atoms with Gasteiger partial charge in [0, 0.05) is 12.6 Å². The SMILES string of the molecule is CC(C)NC(N)=NC(C)C1CCCO1. The predicted octanol–water partition coefficient (Wildman–Crippen LogP) is 0.867. The van der Waals surface area contributed by atoms with Crippen LogP contribution >= 0.6 is 0 Å². The molecule has 0 saturated carbocycles. The van der Waals surface area contributed by atoms with Crippen molar-refractivity contribution in [3.63, 3.8) is 0 Å². The zero-order valence-electron chi connectivity index (χ0n) is 9.29. The summed E-state index contributed by atoms with van der Waals surface area (Å²) < 4.78 is 5.53. The van der Waals surface area contributed by atoms with Crippen molar-refractivity contribution in [3.05, 3.63) is 0 Å². The van der Waals surface area contributed by atoms with E-state index in [0.29, 0.717) is 12.0 Å². The Bertz CT molecular complexity index is 198. The molecule has 1 fully saturated rings. The Morgan fingerprint density at radius 1 is 1.50 bits per heavy atom. The number of rotatable bonds is 3. The van der Waals surface area contributed by atoms with Gasteiger partial charge in [0.15, 0.2) is 5.96 Å². The molecule has 2 unspecified atom stereocenters. The number of nitrogens with one attached hydrogen (secondary N) is 1. The van der Waals surface area contributed by atoms with Crippen molar-refractivity contribution < 1.29 is 4.74 Å². The van der Waals surface area contributed by atoms with E-state index in [0.717, 1.165) is 19.4 Å². The van der Waals surface area contributed by atoms with Gasteiger partial charge in [-0.1, -0.05) is 0 Å². The van der Waals surface area contributed by atoms with E-state index in [1.165, 1.54) is 0 Å². The van der Waals surface area contributed by atoms with Crippen molar-refractivity contribution in [3.8, 4) is 0 Å². The first-order chi connectivity index (χ1) is 6.59. The summed E-state index contributed by atoms with van der Waals surface area (Å²) in [6, 6.07) is 0.485. The summed E-state index contributed by atoms with van der Waals surface area (Å²) in [5, 5.41) is 3.07. The first-order valence-electron chi connectivity index (χ1n) is 5.31. The summed E-state index contributed by atoms with van der Waals surface area (Å²) in [5.41, 5.74) is 5.73. The molecule has 4 heteroatoms. The minimum atomic E-state index is 0.156. The molecule has 1 aliphatic heterocycles. The highest BCUT2D eigenvalue weighted by Gasteiger charge is 2.21. The van der Waals surface area contributed by atoms with Crippen LogP contribution in [0.1, 0.15) is 33.6 Å². The van der Waals surface area contributed by atoms with Gasteiger partial charge >= 0.3 is 0 Å². The van der Waals surface area contributed by atoms with Crippen LogP contribution in [0.25, 0.3) is 0 Å². The van der Waals surface area contributed by atoms with Gasteiger partial charge < -0.3 is 15.8 Å². The van der Waals surface area contributed by atoms with Gasteiger partial charge in [-0.2, -0.15) is 0 Å². The van der Waals surface area contributed by atoms with Gasteiger partial charge in [0.05, 0.1) is 12.1 Å². The first-order valence-corrected chi connectivity index (χ1v) is 5.31. The van der Waals surface area contributed by atoms with Crippen LogP contribution in [-0.4, -0.2) is 30.8 Å². The molecule has 0 aromatic heterocycles. The molecular weight excluding hydrogens is 178 g/mol. The van der Waals surface area contributed by atoms with E-state index in [1.807, 2.05) is 20.8 Å². The number of hydrogen-bond donors (Lipinski definition) is 2. The van der Waals surface area contributed by atoms with Crippen LogP contribution in [0.3, 0.4) is 0 Å². The van der Waals surface area contributed by atoms with Crippen molar-refractivity contribution in [2.75, 3.05) is 6.61 Å². The average molecular weight is 199 g/mol. The lowest BCUT2D eigenvalue weighted by Gasteiger charge is -2.16. The second-order valence-electron chi connectivity index (χ2n) is 4.11. The van der Waals surface area contributed by atoms with Gasteiger partial charge in [0.2, 0.25) is 0 Å². The van der Waals surface area contributed by atoms with E-state index in [4.69, 9.17) is 10.5 Å². The van der Waals surface area contributed by atoms with Crippen LogP contribution in [0.4, 0.5) is 0 Å². The third kappa shape index (κ3) is 3.54. The van der Waals surface area contributed by atoms with Gasteiger partial charge in [0.25, 0.3) is 0 Å². The van der Waals surface area contributed by atoms with E-state index in [9.17, 15) is 0 Å². The number of aliphatic imine (C=N–C) groups is 1. The van der Waals surface area contributed by atoms with Crippen molar-refractivity contribution in [2.45, 2.75) is 51.8 Å². The largest absolute Gasteiger partial charge is 0.376 e. The summed E-state index contributed by atoms with van der Waals surface area (Å²) in [5.74, 6) is 0.517. The Morgan fingerprint density at radius 3 is 2.71 bits per heavy atom. The molecule has 1 heterocycles. The smallest absolute Gasteiger partial charge is 0.189 e. The van der Waals surface area contributed by atoms with Crippen LogP contribution in [0.5, 0.6) is 0 Å². The molecule has 3 N–H and O–H groups in total. The van der Waals surface area contributed by atoms with Gasteiger partial charge in [-0.3, -0.25) is 0 Å². The number of nitrogens with zero attached hydrogens (tertiary/aromatic N) is 1. The molecule has 0 spiro atoms. The summed E-state index contributed by atoms with van der Waals surface area (Å²) in [6.45, 7) is 6.99. The van der Waals surface area contributed by atoms with Gasteiger partial charge in [0.1, 0.15) is 0 Å². The number of ether oxygens (including phenoxy) is 1. The van der Waals surface area contributed by atoms with Gasteiger partial charge in [-0.25, -0.2) is 4.99 Å². The lowest BCUT2D eigenvalue weighted by atomic mass is 10.1. The number of guanidine groups is 1. The summed E-state index contributed by atoms with van der Waals surface area (Å²) >= 11 is 0. The lowest BCUT2D eigenvalue weighted by Crippen LogP contribution is -2.38. The molecule has 82 valence electrons. The van der Waals surface area contributed by atoms with Crippen LogP contribution in [-0.2, 0) is 4.74 Å².